The van der Waals surface area contributed by atoms with Gasteiger partial charge >= 0.3 is 18.1 Å². The maximum absolute atomic E-state index is 11.1. The molecule has 0 aliphatic heterocycles. The lowest BCUT2D eigenvalue weighted by molar-refractivity contribution is -0.445. The van der Waals surface area contributed by atoms with Crippen LogP contribution >= 0.6 is 0 Å². The van der Waals surface area contributed by atoms with Crippen LogP contribution < -0.4 is 0 Å². The lowest BCUT2D eigenvalue weighted by atomic mass is 10.3. The molecule has 0 rings (SSSR count). The standard InChI is InChI=1S/C3H2F6O2/c4-2(5,6)1(10,11)3(7,8)9/h10-11H. The third-order valence-electron chi connectivity index (χ3n) is 0.791. The smallest absolute Gasteiger partial charge is 0.352 e. The first-order valence-electron chi connectivity index (χ1n) is 2.08. The van der Waals surface area contributed by atoms with Gasteiger partial charge in [0, 0.05) is 0 Å². The fourth-order valence-corrected chi connectivity index (χ4v) is 0.161. The fourth-order valence-electron chi connectivity index (χ4n) is 0.161. The van der Waals surface area contributed by atoms with Crippen molar-refractivity contribution in [3.63, 3.8) is 0 Å². The fraction of sp³-hybridized carbons (Fsp3) is 1.00. The molecule has 0 aromatic rings. The van der Waals surface area contributed by atoms with E-state index in [4.69, 9.17) is 10.2 Å². The Morgan fingerprint density at radius 2 is 0.818 bits per heavy atom. The highest BCUT2D eigenvalue weighted by atomic mass is 19.4. The minimum atomic E-state index is -6.13. The molecule has 0 bridgehead atoms. The summed E-state index contributed by atoms with van der Waals surface area (Å²) in [4.78, 5) is 0. The first kappa shape index (κ1) is 10.5. The number of halogens is 6. The van der Waals surface area contributed by atoms with Crippen molar-refractivity contribution < 1.29 is 36.6 Å². The van der Waals surface area contributed by atoms with E-state index < -0.39 is 18.1 Å². The number of aliphatic hydroxyl groups is 2. The van der Waals surface area contributed by atoms with Crippen molar-refractivity contribution in [2.75, 3.05) is 0 Å². The monoisotopic (exact) mass is 184 g/mol. The third kappa shape index (κ3) is 1.74. The molecule has 11 heavy (non-hydrogen) atoms. The maximum Gasteiger partial charge on any atom is 0.452 e. The lowest BCUT2D eigenvalue weighted by Gasteiger charge is -2.26. The van der Waals surface area contributed by atoms with Crippen LogP contribution in [0.25, 0.3) is 0 Å². The molecule has 0 unspecified atom stereocenters. The van der Waals surface area contributed by atoms with Crippen LogP contribution in [0.1, 0.15) is 0 Å². The van der Waals surface area contributed by atoms with Crippen molar-refractivity contribution in [1.82, 2.24) is 0 Å². The van der Waals surface area contributed by atoms with Crippen LogP contribution in [0.3, 0.4) is 0 Å². The van der Waals surface area contributed by atoms with E-state index in [0.29, 0.717) is 0 Å². The normalized spacial score (nSPS) is 15.3. The van der Waals surface area contributed by atoms with Gasteiger partial charge in [-0.1, -0.05) is 0 Å². The SMILES string of the molecule is OC(O)(C(F)(F)F)C(F)(F)F. The highest BCUT2D eigenvalue weighted by Crippen LogP contribution is 2.40. The van der Waals surface area contributed by atoms with Gasteiger partial charge in [0.15, 0.2) is 0 Å². The van der Waals surface area contributed by atoms with E-state index in [1.54, 1.807) is 0 Å². The summed E-state index contributed by atoms with van der Waals surface area (Å²) in [6, 6.07) is 0. The molecule has 0 aromatic carbocycles. The van der Waals surface area contributed by atoms with Gasteiger partial charge in [0.25, 0.3) is 0 Å². The Hall–Kier alpha value is -0.500. The molecule has 0 aliphatic carbocycles. The van der Waals surface area contributed by atoms with Crippen molar-refractivity contribution in [1.29, 1.82) is 0 Å². The zero-order valence-electron chi connectivity index (χ0n) is 4.66. The van der Waals surface area contributed by atoms with E-state index in [0.717, 1.165) is 0 Å². The molecule has 2 nitrogen and oxygen atoms in total. The highest BCUT2D eigenvalue weighted by Gasteiger charge is 2.70. The topological polar surface area (TPSA) is 40.5 Å². The zero-order valence-corrected chi connectivity index (χ0v) is 4.66. The molecule has 0 fully saturated rings. The van der Waals surface area contributed by atoms with Gasteiger partial charge in [0.1, 0.15) is 0 Å². The van der Waals surface area contributed by atoms with E-state index >= 15 is 0 Å². The molecule has 8 heteroatoms. The van der Waals surface area contributed by atoms with Crippen LogP contribution in [-0.2, 0) is 0 Å². The Balaban J connectivity index is 4.75. The summed E-state index contributed by atoms with van der Waals surface area (Å²) in [7, 11) is 0. The second-order valence-corrected chi connectivity index (χ2v) is 1.67. The summed E-state index contributed by atoms with van der Waals surface area (Å²) in [5.74, 6) is -5.62. The molecule has 0 aromatic heterocycles. The van der Waals surface area contributed by atoms with Gasteiger partial charge in [-0.3, -0.25) is 0 Å². The van der Waals surface area contributed by atoms with Crippen LogP contribution in [0.5, 0.6) is 0 Å². The summed E-state index contributed by atoms with van der Waals surface area (Å²) in [5, 5.41) is 15.0. The Kier molecular flexibility index (Phi) is 2.14. The molecular formula is C3H2F6O2. The molecule has 0 amide bonds. The van der Waals surface area contributed by atoms with Crippen molar-refractivity contribution >= 4 is 0 Å². The summed E-state index contributed by atoms with van der Waals surface area (Å²) < 4.78 is 66.7. The molecule has 0 atom stereocenters. The summed E-state index contributed by atoms with van der Waals surface area (Å²) in [6.45, 7) is 0. The van der Waals surface area contributed by atoms with Crippen molar-refractivity contribution in [3.05, 3.63) is 0 Å². The second-order valence-electron chi connectivity index (χ2n) is 1.67. The zero-order chi connectivity index (χ0) is 9.50. The second kappa shape index (κ2) is 2.24. The quantitative estimate of drug-likeness (QED) is 0.431. The molecule has 0 saturated heterocycles. The van der Waals surface area contributed by atoms with Gasteiger partial charge in [0.05, 0.1) is 0 Å². The summed E-state index contributed by atoms with van der Waals surface area (Å²) in [6.07, 6.45) is -12.3. The van der Waals surface area contributed by atoms with Gasteiger partial charge in [-0.05, 0) is 0 Å². The number of hydrogen-bond acceptors (Lipinski definition) is 2. The number of hydrogen-bond donors (Lipinski definition) is 2. The van der Waals surface area contributed by atoms with Crippen LogP contribution in [-0.4, -0.2) is 28.4 Å². The minimum Gasteiger partial charge on any atom is -0.352 e. The molecule has 68 valence electrons. The Morgan fingerprint density at radius 3 is 0.818 bits per heavy atom. The molecule has 2 N–H and O–H groups in total. The molecule has 0 saturated carbocycles. The summed E-state index contributed by atoms with van der Waals surface area (Å²) >= 11 is 0. The van der Waals surface area contributed by atoms with E-state index in [9.17, 15) is 26.3 Å². The van der Waals surface area contributed by atoms with E-state index in [-0.39, 0.29) is 0 Å². The van der Waals surface area contributed by atoms with Crippen molar-refractivity contribution in [2.24, 2.45) is 0 Å². The summed E-state index contributed by atoms with van der Waals surface area (Å²) in [5.41, 5.74) is 0. The van der Waals surface area contributed by atoms with Gasteiger partial charge in [-0.2, -0.15) is 26.3 Å². The largest absolute Gasteiger partial charge is 0.452 e. The Bertz CT molecular complexity index is 127. The van der Waals surface area contributed by atoms with Crippen molar-refractivity contribution in [3.8, 4) is 0 Å². The van der Waals surface area contributed by atoms with Crippen LogP contribution in [0.15, 0.2) is 0 Å². The first-order valence-corrected chi connectivity index (χ1v) is 2.08. The predicted molar refractivity (Wildman–Crippen MR) is 19.3 cm³/mol. The molecule has 0 aliphatic rings. The number of alkyl halides is 6. The van der Waals surface area contributed by atoms with Crippen LogP contribution in [0.2, 0.25) is 0 Å². The van der Waals surface area contributed by atoms with Gasteiger partial charge < -0.3 is 10.2 Å². The molecule has 0 heterocycles. The van der Waals surface area contributed by atoms with Gasteiger partial charge in [-0.25, -0.2) is 0 Å². The minimum absolute atomic E-state index is 5.62. The third-order valence-corrected chi connectivity index (χ3v) is 0.791. The molecule has 0 radical (unpaired) electrons. The number of rotatable bonds is 0. The highest BCUT2D eigenvalue weighted by molar-refractivity contribution is 4.81. The lowest BCUT2D eigenvalue weighted by Crippen LogP contribution is -2.56. The predicted octanol–water partition coefficient (Wildman–Crippen LogP) is 0.792. The molecule has 0 spiro atoms. The van der Waals surface area contributed by atoms with Gasteiger partial charge in [0.2, 0.25) is 0 Å². The van der Waals surface area contributed by atoms with Crippen LogP contribution in [0.4, 0.5) is 26.3 Å². The van der Waals surface area contributed by atoms with Crippen molar-refractivity contribution in [2.45, 2.75) is 18.1 Å². The Morgan fingerprint density at radius 1 is 0.636 bits per heavy atom. The molecular weight excluding hydrogens is 182 g/mol. The van der Waals surface area contributed by atoms with Gasteiger partial charge in [-0.15, -0.1) is 0 Å². The maximum atomic E-state index is 11.1. The van der Waals surface area contributed by atoms with E-state index in [1.807, 2.05) is 0 Å². The Labute approximate surface area is 56.1 Å². The van der Waals surface area contributed by atoms with E-state index in [1.165, 1.54) is 0 Å². The average Bonchev–Trinajstić information content (AvgIpc) is 1.58. The first-order chi connectivity index (χ1) is 4.50. The average molecular weight is 184 g/mol. The van der Waals surface area contributed by atoms with E-state index in [2.05, 4.69) is 0 Å². The van der Waals surface area contributed by atoms with Crippen LogP contribution in [0, 0.1) is 0 Å².